The number of benzene rings is 1. The first-order valence-electron chi connectivity index (χ1n) is 10.6. The number of imidazole rings is 1. The number of carbonyl (C=O) groups excluding carboxylic acids is 1. The number of anilines is 1. The predicted molar refractivity (Wildman–Crippen MR) is 114 cm³/mol. The monoisotopic (exact) mass is 452 g/mol. The molecule has 0 radical (unpaired) electrons. The van der Waals surface area contributed by atoms with Crippen molar-refractivity contribution in [1.82, 2.24) is 24.3 Å². The summed E-state index contributed by atoms with van der Waals surface area (Å²) in [7, 11) is 0. The van der Waals surface area contributed by atoms with Crippen LogP contribution in [0.1, 0.15) is 40.9 Å². The molecular formula is C23H19F3N6O. The zero-order valence-corrected chi connectivity index (χ0v) is 17.4. The molecule has 3 aliphatic carbocycles. The molecule has 1 amide bonds. The van der Waals surface area contributed by atoms with E-state index in [1.165, 1.54) is 6.07 Å². The number of pyridine rings is 1. The second kappa shape index (κ2) is 6.66. The number of nitrogens with two attached hydrogens (primary N) is 1. The fraction of sp³-hybridized carbons (Fsp3) is 0.304. The zero-order valence-electron chi connectivity index (χ0n) is 17.4. The maximum atomic E-state index is 13.7. The maximum Gasteiger partial charge on any atom is 0.417 e. The Balaban J connectivity index is 1.36. The third-order valence-corrected chi connectivity index (χ3v) is 6.92. The molecule has 33 heavy (non-hydrogen) atoms. The number of halogens is 3. The quantitative estimate of drug-likeness (QED) is 0.504. The lowest BCUT2D eigenvalue weighted by Gasteiger charge is -2.66. The van der Waals surface area contributed by atoms with Crippen LogP contribution in [0.25, 0.3) is 16.6 Å². The third kappa shape index (κ3) is 3.04. The highest BCUT2D eigenvalue weighted by Crippen LogP contribution is 2.61. The van der Waals surface area contributed by atoms with Crippen LogP contribution in [-0.4, -0.2) is 35.7 Å². The van der Waals surface area contributed by atoms with Crippen LogP contribution in [0.2, 0.25) is 0 Å². The van der Waals surface area contributed by atoms with E-state index in [-0.39, 0.29) is 18.0 Å². The molecule has 3 saturated carbocycles. The molecule has 2 N–H and O–H groups in total. The van der Waals surface area contributed by atoms with E-state index in [9.17, 15) is 18.0 Å². The van der Waals surface area contributed by atoms with E-state index in [0.717, 1.165) is 31.5 Å². The SMILES string of the molecule is Nc1nc2ccc(C(=O)N(Cc3ccc(C(F)(F)F)cn3)C34CC(C3)C4)cc2n2cncc12. The second-order valence-corrected chi connectivity index (χ2v) is 8.98. The van der Waals surface area contributed by atoms with Crippen molar-refractivity contribution in [2.75, 3.05) is 5.73 Å². The van der Waals surface area contributed by atoms with E-state index in [0.29, 0.717) is 39.5 Å². The van der Waals surface area contributed by atoms with Gasteiger partial charge in [0.05, 0.1) is 41.4 Å². The molecule has 168 valence electrons. The number of aromatic nitrogens is 4. The number of nitrogens with zero attached hydrogens (tertiary/aromatic N) is 5. The molecule has 1 aromatic carbocycles. The Morgan fingerprint density at radius 1 is 1.15 bits per heavy atom. The van der Waals surface area contributed by atoms with Crippen LogP contribution in [0.15, 0.2) is 49.1 Å². The summed E-state index contributed by atoms with van der Waals surface area (Å²) in [6.07, 6.45) is 2.35. The lowest BCUT2D eigenvalue weighted by molar-refractivity contribution is -0.138. The minimum absolute atomic E-state index is 0.155. The van der Waals surface area contributed by atoms with Crippen molar-refractivity contribution in [3.05, 3.63) is 65.9 Å². The molecule has 10 heteroatoms. The van der Waals surface area contributed by atoms with Gasteiger partial charge in [0.25, 0.3) is 5.91 Å². The Labute approximate surface area is 186 Å². The highest BCUT2D eigenvalue weighted by Gasteiger charge is 2.61. The van der Waals surface area contributed by atoms with Crippen LogP contribution in [0.4, 0.5) is 19.0 Å². The van der Waals surface area contributed by atoms with Gasteiger partial charge in [-0.25, -0.2) is 9.97 Å². The van der Waals surface area contributed by atoms with Crippen molar-refractivity contribution in [2.45, 2.75) is 37.5 Å². The van der Waals surface area contributed by atoms with Crippen LogP contribution in [0, 0.1) is 5.92 Å². The standard InChI is InChI=1S/C23H19F3N6O/c24-23(25,26)15-2-3-16(29-9-15)11-32(22-6-13(7-22)8-22)21(33)14-1-4-17-18(5-14)31-12-28-10-19(31)20(27)30-17/h1-5,9-10,12-13H,6-8,11H2,(H2,27,30). The fourth-order valence-electron chi connectivity index (χ4n) is 5.03. The summed E-state index contributed by atoms with van der Waals surface area (Å²) >= 11 is 0. The summed E-state index contributed by atoms with van der Waals surface area (Å²) < 4.78 is 40.5. The number of alkyl halides is 3. The number of hydrogen-bond acceptors (Lipinski definition) is 5. The molecule has 3 heterocycles. The van der Waals surface area contributed by atoms with Gasteiger partial charge < -0.3 is 10.6 Å². The molecule has 4 aromatic rings. The molecule has 0 atom stereocenters. The summed E-state index contributed by atoms with van der Waals surface area (Å²) in [4.78, 5) is 28.0. The van der Waals surface area contributed by atoms with Crippen LogP contribution >= 0.6 is 0 Å². The minimum Gasteiger partial charge on any atom is -0.382 e. The highest BCUT2D eigenvalue weighted by atomic mass is 19.4. The van der Waals surface area contributed by atoms with E-state index >= 15 is 0 Å². The number of rotatable bonds is 4. The largest absolute Gasteiger partial charge is 0.417 e. The Morgan fingerprint density at radius 2 is 1.94 bits per heavy atom. The van der Waals surface area contributed by atoms with Gasteiger partial charge in [-0.2, -0.15) is 13.2 Å². The fourth-order valence-corrected chi connectivity index (χ4v) is 5.03. The number of amides is 1. The lowest BCUT2D eigenvalue weighted by Crippen LogP contribution is -2.69. The molecule has 0 saturated heterocycles. The van der Waals surface area contributed by atoms with Crippen LogP contribution in [0.3, 0.4) is 0 Å². The number of nitrogen functional groups attached to an aromatic ring is 1. The topological polar surface area (TPSA) is 89.4 Å². The number of carbonyl (C=O) groups is 1. The minimum atomic E-state index is -4.45. The average molecular weight is 452 g/mol. The zero-order chi connectivity index (χ0) is 23.0. The van der Waals surface area contributed by atoms with E-state index < -0.39 is 11.7 Å². The molecule has 7 nitrogen and oxygen atoms in total. The van der Waals surface area contributed by atoms with Gasteiger partial charge in [-0.1, -0.05) is 0 Å². The van der Waals surface area contributed by atoms with Crippen molar-refractivity contribution in [2.24, 2.45) is 5.92 Å². The first-order chi connectivity index (χ1) is 15.7. The lowest BCUT2D eigenvalue weighted by atomic mass is 9.49. The van der Waals surface area contributed by atoms with Crippen molar-refractivity contribution >= 4 is 28.3 Å². The first-order valence-corrected chi connectivity index (χ1v) is 10.6. The van der Waals surface area contributed by atoms with Crippen LogP contribution in [-0.2, 0) is 12.7 Å². The van der Waals surface area contributed by atoms with Gasteiger partial charge in [-0.15, -0.1) is 0 Å². The molecule has 2 bridgehead atoms. The van der Waals surface area contributed by atoms with E-state index in [1.807, 2.05) is 0 Å². The Morgan fingerprint density at radius 3 is 2.58 bits per heavy atom. The second-order valence-electron chi connectivity index (χ2n) is 8.98. The third-order valence-electron chi connectivity index (χ3n) is 6.92. The summed E-state index contributed by atoms with van der Waals surface area (Å²) in [6.45, 7) is 0.155. The van der Waals surface area contributed by atoms with Crippen molar-refractivity contribution in [3.63, 3.8) is 0 Å². The molecule has 3 aliphatic rings. The van der Waals surface area contributed by atoms with Crippen molar-refractivity contribution < 1.29 is 18.0 Å². The van der Waals surface area contributed by atoms with Gasteiger partial charge in [-0.05, 0) is 55.5 Å². The molecule has 0 unspecified atom stereocenters. The Kier molecular flexibility index (Phi) is 4.03. The number of fused-ring (bicyclic) bond motifs is 3. The van der Waals surface area contributed by atoms with Gasteiger partial charge in [-0.3, -0.25) is 14.2 Å². The Bertz CT molecular complexity index is 1390. The van der Waals surface area contributed by atoms with Crippen LogP contribution < -0.4 is 5.73 Å². The van der Waals surface area contributed by atoms with Crippen molar-refractivity contribution in [3.8, 4) is 0 Å². The molecule has 3 fully saturated rings. The van der Waals surface area contributed by atoms with E-state index in [1.54, 1.807) is 40.0 Å². The van der Waals surface area contributed by atoms with E-state index in [4.69, 9.17) is 5.73 Å². The molecule has 0 aliphatic heterocycles. The first kappa shape index (κ1) is 20.0. The highest BCUT2D eigenvalue weighted by molar-refractivity contribution is 5.98. The summed E-state index contributed by atoms with van der Waals surface area (Å²) in [5.41, 5.74) is 7.83. The molecule has 0 spiro atoms. The molecule has 3 aromatic heterocycles. The van der Waals surface area contributed by atoms with Gasteiger partial charge in [0.15, 0.2) is 0 Å². The maximum absolute atomic E-state index is 13.7. The van der Waals surface area contributed by atoms with Gasteiger partial charge in [0.2, 0.25) is 0 Å². The van der Waals surface area contributed by atoms with Gasteiger partial charge in [0.1, 0.15) is 11.3 Å². The summed E-state index contributed by atoms with van der Waals surface area (Å²) in [5, 5.41) is 0. The average Bonchev–Trinajstić information content (AvgIpc) is 3.21. The van der Waals surface area contributed by atoms with Gasteiger partial charge >= 0.3 is 6.18 Å². The summed E-state index contributed by atoms with van der Waals surface area (Å²) in [5.74, 6) is 0.792. The normalized spacial score (nSPS) is 21.6. The van der Waals surface area contributed by atoms with Crippen LogP contribution in [0.5, 0.6) is 0 Å². The van der Waals surface area contributed by atoms with E-state index in [2.05, 4.69) is 15.0 Å². The summed E-state index contributed by atoms with van der Waals surface area (Å²) in [6, 6.07) is 7.57. The van der Waals surface area contributed by atoms with Gasteiger partial charge in [0, 0.05) is 17.3 Å². The smallest absolute Gasteiger partial charge is 0.382 e. The molecule has 7 rings (SSSR count). The molecular weight excluding hydrogens is 433 g/mol. The Hall–Kier alpha value is -3.69. The predicted octanol–water partition coefficient (Wildman–Crippen LogP) is 4.07. The number of hydrogen-bond donors (Lipinski definition) is 1. The van der Waals surface area contributed by atoms with Crippen molar-refractivity contribution in [1.29, 1.82) is 0 Å².